The smallest absolute Gasteiger partial charge is 0.359 e. The van der Waals surface area contributed by atoms with Gasteiger partial charge in [-0.15, -0.1) is 13.2 Å². The summed E-state index contributed by atoms with van der Waals surface area (Å²) in [5.74, 6) is -3.18. The molecule has 12 heteroatoms. The van der Waals surface area contributed by atoms with E-state index in [2.05, 4.69) is 35.8 Å². The van der Waals surface area contributed by atoms with E-state index < -0.39 is 67.1 Å². The molecule has 0 N–H and O–H groups in total. The van der Waals surface area contributed by atoms with E-state index in [1.807, 2.05) is 0 Å². The molecule has 0 aromatic carbocycles. The van der Waals surface area contributed by atoms with Crippen molar-refractivity contribution >= 4 is 0 Å². The van der Waals surface area contributed by atoms with Gasteiger partial charge in [0.05, 0.1) is 11.7 Å². The molecule has 0 amide bonds. The average molecular weight is 555 g/mol. The molecule has 4 atom stereocenters. The van der Waals surface area contributed by atoms with Crippen LogP contribution in [0.4, 0.5) is 35.1 Å². The fourth-order valence-electron chi connectivity index (χ4n) is 3.37. The molecule has 0 aliphatic heterocycles. The van der Waals surface area contributed by atoms with Gasteiger partial charge in [0.1, 0.15) is 13.6 Å². The number of rotatable bonds is 17. The number of hydrogen-bond acceptors (Lipinski definition) is 4. The molecular formula is C25H38F8O4. The second-order valence-corrected chi connectivity index (χ2v) is 8.69. The Morgan fingerprint density at radius 1 is 0.757 bits per heavy atom. The summed E-state index contributed by atoms with van der Waals surface area (Å²) in [6.45, 7) is 13.7. The summed E-state index contributed by atoms with van der Waals surface area (Å²) in [6.07, 6.45) is -7.20. The molecule has 4 nitrogen and oxygen atoms in total. The highest BCUT2D eigenvalue weighted by Crippen LogP contribution is 2.43. The third-order valence-corrected chi connectivity index (χ3v) is 5.52. The standard InChI is InChI=1S/C13H20F4O2.C12H18F4O2/c1-5-6-11(7-10(2)14)8-12(3,13(15,16)17)19-9-18-4;1-5-6-10(7-9(2)13)11(3,12(14,15)16)18-8-17-4/h5,11H,1-2,6-9H2,3-4H3;5,10H,1-2,6-8H2,3-4H3. The molecule has 0 fully saturated rings. The van der Waals surface area contributed by atoms with Crippen LogP contribution in [0, 0.1) is 11.8 Å². The van der Waals surface area contributed by atoms with Crippen LogP contribution in [-0.4, -0.2) is 51.4 Å². The Hall–Kier alpha value is -1.76. The molecule has 4 unspecified atom stereocenters. The summed E-state index contributed by atoms with van der Waals surface area (Å²) < 4.78 is 123. The molecule has 0 heterocycles. The average Bonchev–Trinajstić information content (AvgIpc) is 2.74. The first-order chi connectivity index (χ1) is 16.8. The lowest BCUT2D eigenvalue weighted by Crippen LogP contribution is -2.51. The summed E-state index contributed by atoms with van der Waals surface area (Å²) in [5.41, 5.74) is -4.89. The SMILES string of the molecule is C=CCC(CC(=C)F)C(C)(OCOC)C(F)(F)F.C=CCC(CC(=C)F)CC(C)(OCOC)C(F)(F)F. The molecule has 0 spiro atoms. The Morgan fingerprint density at radius 2 is 1.22 bits per heavy atom. The van der Waals surface area contributed by atoms with Crippen molar-refractivity contribution in [1.82, 2.24) is 0 Å². The number of alkyl halides is 6. The van der Waals surface area contributed by atoms with Crippen molar-refractivity contribution in [2.75, 3.05) is 27.8 Å². The third-order valence-electron chi connectivity index (χ3n) is 5.52. The monoisotopic (exact) mass is 554 g/mol. The lowest BCUT2D eigenvalue weighted by Gasteiger charge is -2.38. The first-order valence-electron chi connectivity index (χ1n) is 11.1. The molecule has 0 saturated carbocycles. The van der Waals surface area contributed by atoms with E-state index in [1.165, 1.54) is 26.4 Å². The van der Waals surface area contributed by atoms with E-state index in [-0.39, 0.29) is 25.7 Å². The van der Waals surface area contributed by atoms with E-state index in [0.29, 0.717) is 0 Å². The fourth-order valence-corrected chi connectivity index (χ4v) is 3.37. The maximum absolute atomic E-state index is 13.1. The zero-order chi connectivity index (χ0) is 29.5. The van der Waals surface area contributed by atoms with Crippen LogP contribution < -0.4 is 0 Å². The molecule has 0 aliphatic rings. The van der Waals surface area contributed by atoms with E-state index >= 15 is 0 Å². The summed E-state index contributed by atoms with van der Waals surface area (Å²) in [7, 11) is 2.45. The Kier molecular flexibility index (Phi) is 17.1. The largest absolute Gasteiger partial charge is 0.417 e. The molecule has 0 aromatic rings. The quantitative estimate of drug-likeness (QED) is 0.103. The van der Waals surface area contributed by atoms with Crippen LogP contribution in [0.25, 0.3) is 0 Å². The van der Waals surface area contributed by atoms with Gasteiger partial charge in [-0.2, -0.15) is 26.3 Å². The van der Waals surface area contributed by atoms with Crippen molar-refractivity contribution in [3.63, 3.8) is 0 Å². The molecular weight excluding hydrogens is 516 g/mol. The highest BCUT2D eigenvalue weighted by Gasteiger charge is 2.57. The van der Waals surface area contributed by atoms with Crippen LogP contribution in [0.3, 0.4) is 0 Å². The molecule has 0 aliphatic carbocycles. The summed E-state index contributed by atoms with van der Waals surface area (Å²) >= 11 is 0. The maximum Gasteiger partial charge on any atom is 0.417 e. The highest BCUT2D eigenvalue weighted by molar-refractivity contribution is 4.99. The molecule has 0 aromatic heterocycles. The number of allylic oxidation sites excluding steroid dienone is 4. The number of ether oxygens (including phenoxy) is 4. The third kappa shape index (κ3) is 13.6. The first-order valence-corrected chi connectivity index (χ1v) is 11.1. The normalized spacial score (nSPS) is 16.9. The first kappa shape index (κ1) is 37.4. The van der Waals surface area contributed by atoms with Crippen LogP contribution in [0.5, 0.6) is 0 Å². The van der Waals surface area contributed by atoms with Gasteiger partial charge in [-0.05, 0) is 39.0 Å². The van der Waals surface area contributed by atoms with Crippen molar-refractivity contribution in [1.29, 1.82) is 0 Å². The molecule has 0 rings (SSSR count). The van der Waals surface area contributed by atoms with Crippen molar-refractivity contribution in [2.45, 2.75) is 69.5 Å². The summed E-state index contributed by atoms with van der Waals surface area (Å²) in [5, 5.41) is 0. The van der Waals surface area contributed by atoms with Gasteiger partial charge in [-0.3, -0.25) is 0 Å². The Balaban J connectivity index is 0. The molecule has 0 saturated heterocycles. The minimum atomic E-state index is -4.64. The number of hydrogen-bond donors (Lipinski definition) is 0. The minimum Gasteiger partial charge on any atom is -0.359 e. The minimum absolute atomic E-state index is 0.0390. The van der Waals surface area contributed by atoms with Gasteiger partial charge in [-0.25, -0.2) is 8.78 Å². The predicted octanol–water partition coefficient (Wildman–Crippen LogP) is 8.38. The van der Waals surface area contributed by atoms with Gasteiger partial charge in [0.25, 0.3) is 0 Å². The summed E-state index contributed by atoms with van der Waals surface area (Å²) in [6, 6.07) is 0. The van der Waals surface area contributed by atoms with Gasteiger partial charge in [-0.1, -0.05) is 25.3 Å². The lowest BCUT2D eigenvalue weighted by atomic mass is 9.82. The molecule has 218 valence electrons. The Labute approximate surface area is 214 Å². The summed E-state index contributed by atoms with van der Waals surface area (Å²) in [4.78, 5) is 0. The molecule has 0 radical (unpaired) electrons. The maximum atomic E-state index is 13.1. The van der Waals surface area contributed by atoms with Crippen LogP contribution in [-0.2, 0) is 18.9 Å². The van der Waals surface area contributed by atoms with Crippen LogP contribution >= 0.6 is 0 Å². The van der Waals surface area contributed by atoms with Crippen LogP contribution in [0.1, 0.15) is 46.0 Å². The van der Waals surface area contributed by atoms with Crippen molar-refractivity contribution < 1.29 is 54.1 Å². The van der Waals surface area contributed by atoms with E-state index in [0.717, 1.165) is 13.8 Å². The Bertz CT molecular complexity index is 708. The predicted molar refractivity (Wildman–Crippen MR) is 126 cm³/mol. The topological polar surface area (TPSA) is 36.9 Å². The van der Waals surface area contributed by atoms with E-state index in [9.17, 15) is 35.1 Å². The van der Waals surface area contributed by atoms with E-state index in [1.54, 1.807) is 0 Å². The van der Waals surface area contributed by atoms with Crippen molar-refractivity contribution in [2.24, 2.45) is 11.8 Å². The second-order valence-electron chi connectivity index (χ2n) is 8.69. The van der Waals surface area contributed by atoms with Gasteiger partial charge in [0.15, 0.2) is 11.2 Å². The number of methoxy groups -OCH3 is 2. The Morgan fingerprint density at radius 3 is 1.57 bits per heavy atom. The van der Waals surface area contributed by atoms with Gasteiger partial charge < -0.3 is 18.9 Å². The van der Waals surface area contributed by atoms with Crippen LogP contribution in [0.15, 0.2) is 50.1 Å². The van der Waals surface area contributed by atoms with Gasteiger partial charge in [0.2, 0.25) is 0 Å². The van der Waals surface area contributed by atoms with Gasteiger partial charge >= 0.3 is 12.4 Å². The lowest BCUT2D eigenvalue weighted by molar-refractivity contribution is -0.307. The zero-order valence-electron chi connectivity index (χ0n) is 21.7. The van der Waals surface area contributed by atoms with Crippen molar-refractivity contribution in [3.05, 3.63) is 50.1 Å². The van der Waals surface area contributed by atoms with E-state index in [4.69, 9.17) is 9.47 Å². The second kappa shape index (κ2) is 17.0. The van der Waals surface area contributed by atoms with Crippen molar-refractivity contribution in [3.8, 4) is 0 Å². The van der Waals surface area contributed by atoms with Crippen LogP contribution in [0.2, 0.25) is 0 Å². The zero-order valence-corrected chi connectivity index (χ0v) is 21.7. The highest BCUT2D eigenvalue weighted by atomic mass is 19.4. The molecule has 0 bridgehead atoms. The number of halogens is 8. The fraction of sp³-hybridized carbons (Fsp3) is 0.680. The molecule has 37 heavy (non-hydrogen) atoms. The van der Waals surface area contributed by atoms with Gasteiger partial charge in [0, 0.05) is 33.0 Å².